The summed E-state index contributed by atoms with van der Waals surface area (Å²) in [6.07, 6.45) is -7.18. The zero-order valence-corrected chi connectivity index (χ0v) is 9.51. The van der Waals surface area contributed by atoms with Crippen LogP contribution in [0.2, 0.25) is 0 Å². The molecule has 6 atom stereocenters. The van der Waals surface area contributed by atoms with Crippen LogP contribution in [0.4, 0.5) is 0 Å². The molecular formula is C7H14O9P-. The van der Waals surface area contributed by atoms with Crippen molar-refractivity contribution in [3.63, 3.8) is 0 Å². The first-order valence-electron chi connectivity index (χ1n) is 4.75. The molecule has 1 rings (SSSR count). The Hall–Kier alpha value is -0.0900. The van der Waals surface area contributed by atoms with Gasteiger partial charge in [0.05, 0.1) is 13.2 Å². The molecule has 9 nitrogen and oxygen atoms in total. The van der Waals surface area contributed by atoms with Gasteiger partial charge >= 0.3 is 0 Å². The summed E-state index contributed by atoms with van der Waals surface area (Å²) in [5, 5.41) is 37.0. The van der Waals surface area contributed by atoms with Crippen LogP contribution < -0.4 is 4.89 Å². The lowest BCUT2D eigenvalue weighted by Gasteiger charge is -2.40. The molecule has 1 fully saturated rings. The average Bonchev–Trinajstić information content (AvgIpc) is 2.24. The first-order chi connectivity index (χ1) is 7.76. The van der Waals surface area contributed by atoms with Gasteiger partial charge in [0.15, 0.2) is 0 Å². The Morgan fingerprint density at radius 3 is 2.18 bits per heavy atom. The Bertz CT molecular complexity index is 289. The maximum atomic E-state index is 10.3. The van der Waals surface area contributed by atoms with Gasteiger partial charge < -0.3 is 39.5 Å². The molecule has 17 heavy (non-hydrogen) atoms. The SMILES string of the molecule is O=P([O-])(O)OC[C@H]1O[C@H](CO)[C@H](O)[C@H](O)[C@H]1O. The number of ether oxygens (including phenoxy) is 1. The number of aliphatic hydroxyl groups is 4. The molecule has 1 saturated heterocycles. The summed E-state index contributed by atoms with van der Waals surface area (Å²) in [5.41, 5.74) is 0. The van der Waals surface area contributed by atoms with Crippen LogP contribution in [0.5, 0.6) is 0 Å². The number of phosphoric ester groups is 1. The summed E-state index contributed by atoms with van der Waals surface area (Å²) >= 11 is 0. The van der Waals surface area contributed by atoms with Crippen molar-refractivity contribution < 1.29 is 44.0 Å². The Kier molecular flexibility index (Phi) is 5.02. The zero-order valence-electron chi connectivity index (χ0n) is 8.62. The van der Waals surface area contributed by atoms with Crippen molar-refractivity contribution in [3.8, 4) is 0 Å². The predicted molar refractivity (Wildman–Crippen MR) is 49.5 cm³/mol. The van der Waals surface area contributed by atoms with Crippen molar-refractivity contribution in [1.29, 1.82) is 0 Å². The van der Waals surface area contributed by atoms with Crippen LogP contribution >= 0.6 is 7.82 Å². The van der Waals surface area contributed by atoms with E-state index < -0.39 is 51.6 Å². The Morgan fingerprint density at radius 2 is 1.71 bits per heavy atom. The highest BCUT2D eigenvalue weighted by Gasteiger charge is 2.43. The van der Waals surface area contributed by atoms with E-state index in [2.05, 4.69) is 4.52 Å². The summed E-state index contributed by atoms with van der Waals surface area (Å²) < 4.78 is 19.3. The van der Waals surface area contributed by atoms with Crippen LogP contribution in [0.3, 0.4) is 0 Å². The molecule has 0 spiro atoms. The Balaban J connectivity index is 2.62. The van der Waals surface area contributed by atoms with E-state index in [1.807, 2.05) is 0 Å². The normalized spacial score (nSPS) is 42.1. The standard InChI is InChI=1S/C7H15O9P/c8-1-3-5(9)7(11)6(10)4(16-3)2-15-17(12,13)14/h3-11H,1-2H2,(H2,12,13,14)/p-1/t3-,4-,5+,6+,7+/m1/s1. The number of hydrogen-bond donors (Lipinski definition) is 5. The van der Waals surface area contributed by atoms with Crippen molar-refractivity contribution in [2.24, 2.45) is 0 Å². The lowest BCUT2D eigenvalue weighted by Crippen LogP contribution is -2.59. The number of aliphatic hydroxyl groups excluding tert-OH is 4. The molecular weight excluding hydrogens is 259 g/mol. The fourth-order valence-corrected chi connectivity index (χ4v) is 1.82. The maximum absolute atomic E-state index is 10.3. The smallest absolute Gasteiger partial charge is 0.265 e. The van der Waals surface area contributed by atoms with Crippen LogP contribution in [0.15, 0.2) is 0 Å². The minimum atomic E-state index is -4.97. The van der Waals surface area contributed by atoms with Gasteiger partial charge in [-0.3, -0.25) is 4.57 Å². The van der Waals surface area contributed by atoms with Gasteiger partial charge in [0, 0.05) is 0 Å². The van der Waals surface area contributed by atoms with Crippen molar-refractivity contribution in [3.05, 3.63) is 0 Å². The van der Waals surface area contributed by atoms with Gasteiger partial charge in [-0.15, -0.1) is 0 Å². The molecule has 10 heteroatoms. The topological polar surface area (TPSA) is 160 Å². The highest BCUT2D eigenvalue weighted by molar-refractivity contribution is 7.44. The maximum Gasteiger partial charge on any atom is 0.265 e. The lowest BCUT2D eigenvalue weighted by atomic mass is 9.95. The summed E-state index contributed by atoms with van der Waals surface area (Å²) in [6.45, 7) is -1.37. The van der Waals surface area contributed by atoms with Crippen LogP contribution in [0.1, 0.15) is 0 Å². The second kappa shape index (κ2) is 5.70. The van der Waals surface area contributed by atoms with Gasteiger partial charge in [0.25, 0.3) is 7.82 Å². The molecule has 1 aliphatic heterocycles. The monoisotopic (exact) mass is 273 g/mol. The second-order valence-electron chi connectivity index (χ2n) is 3.63. The third-order valence-electron chi connectivity index (χ3n) is 2.39. The Labute approximate surface area is 96.5 Å². The molecule has 0 saturated carbocycles. The van der Waals surface area contributed by atoms with Crippen LogP contribution in [0.25, 0.3) is 0 Å². The fraction of sp³-hybridized carbons (Fsp3) is 1.00. The average molecular weight is 273 g/mol. The molecule has 5 N–H and O–H groups in total. The van der Waals surface area contributed by atoms with E-state index in [4.69, 9.17) is 14.7 Å². The van der Waals surface area contributed by atoms with Crippen molar-refractivity contribution in [2.75, 3.05) is 13.2 Å². The molecule has 0 amide bonds. The molecule has 0 aromatic rings. The molecule has 0 aromatic heterocycles. The second-order valence-corrected chi connectivity index (χ2v) is 4.83. The van der Waals surface area contributed by atoms with Crippen LogP contribution in [0, 0.1) is 0 Å². The van der Waals surface area contributed by atoms with Gasteiger partial charge in [-0.2, -0.15) is 0 Å². The van der Waals surface area contributed by atoms with Gasteiger partial charge in [0.1, 0.15) is 30.5 Å². The van der Waals surface area contributed by atoms with E-state index in [-0.39, 0.29) is 0 Å². The number of rotatable bonds is 4. The third-order valence-corrected chi connectivity index (χ3v) is 2.87. The quantitative estimate of drug-likeness (QED) is 0.325. The van der Waals surface area contributed by atoms with E-state index >= 15 is 0 Å². The summed E-state index contributed by atoms with van der Waals surface area (Å²) in [6, 6.07) is 0. The van der Waals surface area contributed by atoms with Gasteiger partial charge in [-0.25, -0.2) is 0 Å². The Morgan fingerprint density at radius 1 is 1.18 bits per heavy atom. The molecule has 0 radical (unpaired) electrons. The van der Waals surface area contributed by atoms with Crippen LogP contribution in [-0.2, 0) is 13.8 Å². The first-order valence-corrected chi connectivity index (χ1v) is 6.24. The van der Waals surface area contributed by atoms with Crippen LogP contribution in [-0.4, -0.2) is 69.1 Å². The minimum Gasteiger partial charge on any atom is -0.756 e. The summed E-state index contributed by atoms with van der Waals surface area (Å²) in [7, 11) is -4.97. The summed E-state index contributed by atoms with van der Waals surface area (Å²) in [5.74, 6) is 0. The lowest BCUT2D eigenvalue weighted by molar-refractivity contribution is -0.248. The molecule has 1 heterocycles. The van der Waals surface area contributed by atoms with E-state index in [1.165, 1.54) is 0 Å². The highest BCUT2D eigenvalue weighted by atomic mass is 31.2. The molecule has 1 aliphatic rings. The predicted octanol–water partition coefficient (Wildman–Crippen LogP) is -3.69. The van der Waals surface area contributed by atoms with Gasteiger partial charge in [-0.05, 0) is 0 Å². The number of hydrogen-bond acceptors (Lipinski definition) is 8. The zero-order chi connectivity index (χ0) is 13.2. The molecule has 0 bridgehead atoms. The highest BCUT2D eigenvalue weighted by Crippen LogP contribution is 2.32. The largest absolute Gasteiger partial charge is 0.756 e. The van der Waals surface area contributed by atoms with E-state index in [1.54, 1.807) is 0 Å². The van der Waals surface area contributed by atoms with Crippen molar-refractivity contribution in [2.45, 2.75) is 30.5 Å². The first kappa shape index (κ1) is 15.0. The molecule has 1 unspecified atom stereocenters. The molecule has 0 aliphatic carbocycles. The third kappa shape index (κ3) is 3.95. The van der Waals surface area contributed by atoms with Gasteiger partial charge in [0.2, 0.25) is 0 Å². The van der Waals surface area contributed by atoms with E-state index in [0.717, 1.165) is 0 Å². The molecule has 102 valence electrons. The fourth-order valence-electron chi connectivity index (χ4n) is 1.48. The van der Waals surface area contributed by atoms with E-state index in [9.17, 15) is 24.8 Å². The minimum absolute atomic E-state index is 0.629. The van der Waals surface area contributed by atoms with Gasteiger partial charge in [-0.1, -0.05) is 0 Å². The molecule has 0 aromatic carbocycles. The number of phosphoric acid groups is 1. The van der Waals surface area contributed by atoms with Crippen molar-refractivity contribution >= 4 is 7.82 Å². The van der Waals surface area contributed by atoms with Crippen molar-refractivity contribution in [1.82, 2.24) is 0 Å². The van der Waals surface area contributed by atoms with E-state index in [0.29, 0.717) is 0 Å². The summed E-state index contributed by atoms with van der Waals surface area (Å²) in [4.78, 5) is 18.7.